The molecule has 2 heterocycles. The molecule has 0 radical (unpaired) electrons. The van der Waals surface area contributed by atoms with Gasteiger partial charge in [-0.1, -0.05) is 51.1 Å². The molecule has 0 aliphatic heterocycles. The van der Waals surface area contributed by atoms with Crippen molar-refractivity contribution in [3.8, 4) is 22.5 Å². The number of rotatable bonds is 2. The van der Waals surface area contributed by atoms with Gasteiger partial charge in [-0.2, -0.15) is 0 Å². The van der Waals surface area contributed by atoms with E-state index < -0.39 is 0 Å². The fourth-order valence-electron chi connectivity index (χ4n) is 2.25. The standard InChI is InChI=1S/C18H19N3/c1-18(2,3)17-20-15(13-8-5-4-6-9-13)16(21-17)14-10-7-11-19-12-14/h4-12H,1-3H3,(H,20,21). The summed E-state index contributed by atoms with van der Waals surface area (Å²) in [7, 11) is 0. The number of aromatic amines is 1. The molecule has 106 valence electrons. The lowest BCUT2D eigenvalue weighted by Crippen LogP contribution is -2.13. The van der Waals surface area contributed by atoms with Crippen molar-refractivity contribution < 1.29 is 0 Å². The van der Waals surface area contributed by atoms with E-state index in [0.717, 1.165) is 28.3 Å². The van der Waals surface area contributed by atoms with E-state index in [9.17, 15) is 0 Å². The van der Waals surface area contributed by atoms with Crippen LogP contribution in [0.25, 0.3) is 22.5 Å². The molecule has 0 aliphatic rings. The summed E-state index contributed by atoms with van der Waals surface area (Å²) in [6.45, 7) is 6.48. The Morgan fingerprint density at radius 2 is 1.62 bits per heavy atom. The van der Waals surface area contributed by atoms with Crippen LogP contribution in [0.2, 0.25) is 0 Å². The van der Waals surface area contributed by atoms with Crippen molar-refractivity contribution in [1.82, 2.24) is 15.0 Å². The molecule has 1 N–H and O–H groups in total. The summed E-state index contributed by atoms with van der Waals surface area (Å²) in [5.74, 6) is 0.986. The molecular formula is C18H19N3. The molecule has 1 aromatic carbocycles. The zero-order valence-electron chi connectivity index (χ0n) is 12.6. The minimum Gasteiger partial charge on any atom is -0.341 e. The topological polar surface area (TPSA) is 41.6 Å². The molecule has 21 heavy (non-hydrogen) atoms. The van der Waals surface area contributed by atoms with Crippen LogP contribution in [0, 0.1) is 0 Å². The predicted octanol–water partition coefficient (Wildman–Crippen LogP) is 4.44. The smallest absolute Gasteiger partial charge is 0.112 e. The number of benzene rings is 1. The molecule has 0 aliphatic carbocycles. The molecule has 0 saturated heterocycles. The first kappa shape index (κ1) is 13.6. The first-order chi connectivity index (χ1) is 10.1. The van der Waals surface area contributed by atoms with Gasteiger partial charge in [-0.25, -0.2) is 4.98 Å². The van der Waals surface area contributed by atoms with Crippen LogP contribution in [-0.4, -0.2) is 15.0 Å². The fraction of sp³-hybridized carbons (Fsp3) is 0.222. The summed E-state index contributed by atoms with van der Waals surface area (Å²) < 4.78 is 0. The maximum Gasteiger partial charge on any atom is 0.112 e. The van der Waals surface area contributed by atoms with Crippen molar-refractivity contribution in [1.29, 1.82) is 0 Å². The van der Waals surface area contributed by atoms with Crippen LogP contribution in [-0.2, 0) is 5.41 Å². The van der Waals surface area contributed by atoms with E-state index in [1.807, 2.05) is 36.5 Å². The molecule has 0 amide bonds. The number of aromatic nitrogens is 3. The van der Waals surface area contributed by atoms with Crippen molar-refractivity contribution in [3.05, 3.63) is 60.7 Å². The van der Waals surface area contributed by atoms with Gasteiger partial charge in [0.05, 0.1) is 11.4 Å². The van der Waals surface area contributed by atoms with Crippen LogP contribution in [0.1, 0.15) is 26.6 Å². The number of imidazole rings is 1. The van der Waals surface area contributed by atoms with Gasteiger partial charge in [0, 0.05) is 28.9 Å². The van der Waals surface area contributed by atoms with Gasteiger partial charge >= 0.3 is 0 Å². The van der Waals surface area contributed by atoms with Crippen LogP contribution in [0.4, 0.5) is 0 Å². The average Bonchev–Trinajstić information content (AvgIpc) is 2.94. The largest absolute Gasteiger partial charge is 0.341 e. The van der Waals surface area contributed by atoms with E-state index in [0.29, 0.717) is 0 Å². The van der Waals surface area contributed by atoms with E-state index in [1.54, 1.807) is 6.20 Å². The number of pyridine rings is 1. The van der Waals surface area contributed by atoms with Gasteiger partial charge < -0.3 is 4.98 Å². The molecule has 3 nitrogen and oxygen atoms in total. The van der Waals surface area contributed by atoms with Gasteiger partial charge in [0.15, 0.2) is 0 Å². The summed E-state index contributed by atoms with van der Waals surface area (Å²) in [4.78, 5) is 12.5. The summed E-state index contributed by atoms with van der Waals surface area (Å²) in [5, 5.41) is 0. The number of hydrogen-bond donors (Lipinski definition) is 1. The highest BCUT2D eigenvalue weighted by Crippen LogP contribution is 2.32. The summed E-state index contributed by atoms with van der Waals surface area (Å²) in [6, 6.07) is 14.3. The normalized spacial score (nSPS) is 11.6. The number of nitrogens with zero attached hydrogens (tertiary/aromatic N) is 2. The van der Waals surface area contributed by atoms with Crippen molar-refractivity contribution in [2.24, 2.45) is 0 Å². The number of nitrogens with one attached hydrogen (secondary N) is 1. The maximum atomic E-state index is 4.83. The van der Waals surface area contributed by atoms with Gasteiger partial charge in [-0.15, -0.1) is 0 Å². The zero-order chi connectivity index (χ0) is 14.9. The lowest BCUT2D eigenvalue weighted by atomic mass is 9.96. The van der Waals surface area contributed by atoms with Crippen molar-refractivity contribution in [3.63, 3.8) is 0 Å². The van der Waals surface area contributed by atoms with E-state index in [4.69, 9.17) is 4.98 Å². The second-order valence-electron chi connectivity index (χ2n) is 6.17. The lowest BCUT2D eigenvalue weighted by molar-refractivity contribution is 0.553. The Kier molecular flexibility index (Phi) is 3.34. The molecule has 2 aromatic heterocycles. The first-order valence-corrected chi connectivity index (χ1v) is 7.12. The van der Waals surface area contributed by atoms with E-state index in [-0.39, 0.29) is 5.41 Å². The van der Waals surface area contributed by atoms with Gasteiger partial charge in [-0.05, 0) is 12.1 Å². The third-order valence-electron chi connectivity index (χ3n) is 3.41. The second kappa shape index (κ2) is 5.17. The quantitative estimate of drug-likeness (QED) is 0.752. The Labute approximate surface area is 125 Å². The van der Waals surface area contributed by atoms with Crippen LogP contribution >= 0.6 is 0 Å². The minimum atomic E-state index is -0.0238. The van der Waals surface area contributed by atoms with Crippen LogP contribution in [0.3, 0.4) is 0 Å². The predicted molar refractivity (Wildman–Crippen MR) is 86.0 cm³/mol. The summed E-state index contributed by atoms with van der Waals surface area (Å²) in [5.41, 5.74) is 4.15. The third-order valence-corrected chi connectivity index (χ3v) is 3.41. The monoisotopic (exact) mass is 277 g/mol. The Bertz CT molecular complexity index is 665. The summed E-state index contributed by atoms with van der Waals surface area (Å²) >= 11 is 0. The molecule has 3 heteroatoms. The van der Waals surface area contributed by atoms with E-state index in [1.165, 1.54) is 0 Å². The van der Waals surface area contributed by atoms with Gasteiger partial charge in [-0.3, -0.25) is 4.98 Å². The second-order valence-corrected chi connectivity index (χ2v) is 6.17. The average molecular weight is 277 g/mol. The zero-order valence-corrected chi connectivity index (χ0v) is 12.6. The van der Waals surface area contributed by atoms with Crippen LogP contribution in [0.5, 0.6) is 0 Å². The molecule has 3 rings (SSSR count). The van der Waals surface area contributed by atoms with Crippen molar-refractivity contribution >= 4 is 0 Å². The summed E-state index contributed by atoms with van der Waals surface area (Å²) in [6.07, 6.45) is 3.64. The first-order valence-electron chi connectivity index (χ1n) is 7.12. The van der Waals surface area contributed by atoms with Crippen LogP contribution in [0.15, 0.2) is 54.9 Å². The van der Waals surface area contributed by atoms with Gasteiger partial charge in [0.25, 0.3) is 0 Å². The van der Waals surface area contributed by atoms with Gasteiger partial charge in [0.1, 0.15) is 5.82 Å². The molecule has 0 fully saturated rings. The number of hydrogen-bond acceptors (Lipinski definition) is 2. The number of H-pyrrole nitrogens is 1. The minimum absolute atomic E-state index is 0.0238. The van der Waals surface area contributed by atoms with Crippen molar-refractivity contribution in [2.75, 3.05) is 0 Å². The molecule has 0 spiro atoms. The highest BCUT2D eigenvalue weighted by molar-refractivity contribution is 5.78. The Balaban J connectivity index is 2.20. The SMILES string of the molecule is CC(C)(C)c1nc(-c2cccnc2)c(-c2ccccc2)[nH]1. The Hall–Kier alpha value is -2.42. The highest BCUT2D eigenvalue weighted by Gasteiger charge is 2.22. The molecule has 0 unspecified atom stereocenters. The molecule has 0 saturated carbocycles. The van der Waals surface area contributed by atoms with E-state index in [2.05, 4.69) is 42.9 Å². The highest BCUT2D eigenvalue weighted by atomic mass is 15.0. The molecule has 0 atom stereocenters. The maximum absolute atomic E-state index is 4.83. The van der Waals surface area contributed by atoms with E-state index >= 15 is 0 Å². The molecular weight excluding hydrogens is 258 g/mol. The Morgan fingerprint density at radius 3 is 2.24 bits per heavy atom. The van der Waals surface area contributed by atoms with Crippen molar-refractivity contribution in [2.45, 2.75) is 26.2 Å². The fourth-order valence-corrected chi connectivity index (χ4v) is 2.25. The molecule has 3 aromatic rings. The third kappa shape index (κ3) is 2.72. The van der Waals surface area contributed by atoms with Crippen LogP contribution < -0.4 is 0 Å². The molecule has 0 bridgehead atoms. The lowest BCUT2D eigenvalue weighted by Gasteiger charge is -2.14. The van der Waals surface area contributed by atoms with Gasteiger partial charge in [0.2, 0.25) is 0 Å². The Morgan fingerprint density at radius 1 is 0.905 bits per heavy atom.